The molecule has 6 nitrogen and oxygen atoms in total. The van der Waals surface area contributed by atoms with Crippen LogP contribution in [-0.4, -0.2) is 22.6 Å². The maximum atomic E-state index is 12.4. The maximum absolute atomic E-state index is 12.4. The van der Waals surface area contributed by atoms with E-state index in [1.165, 1.54) is 0 Å². The molecule has 2 heterocycles. The average molecular weight is 477 g/mol. The van der Waals surface area contributed by atoms with Crippen LogP contribution in [0.1, 0.15) is 24.1 Å². The van der Waals surface area contributed by atoms with Crippen LogP contribution < -0.4 is 20.8 Å². The molecule has 2 aromatic carbocycles. The van der Waals surface area contributed by atoms with Crippen LogP contribution >= 0.6 is 11.6 Å². The quantitative estimate of drug-likeness (QED) is 0.293. The second-order valence-electron chi connectivity index (χ2n) is 8.21. The van der Waals surface area contributed by atoms with Crippen molar-refractivity contribution in [3.05, 3.63) is 99.6 Å². The minimum Gasteiger partial charge on any atom is -0.483 e. The number of nitrogens with one attached hydrogen (secondary N) is 2. The number of aryl methyl sites for hydroxylation is 1. The van der Waals surface area contributed by atoms with Crippen LogP contribution in [0, 0.1) is 0 Å². The molecule has 0 aliphatic heterocycles. The summed E-state index contributed by atoms with van der Waals surface area (Å²) in [5, 5.41) is 8.68. The molecule has 0 amide bonds. The number of rotatable bonds is 11. The fourth-order valence-corrected chi connectivity index (χ4v) is 3.92. The van der Waals surface area contributed by atoms with Crippen LogP contribution in [0.15, 0.2) is 77.9 Å². The molecule has 176 valence electrons. The van der Waals surface area contributed by atoms with Gasteiger partial charge in [-0.25, -0.2) is 0 Å². The van der Waals surface area contributed by atoms with Gasteiger partial charge in [0.05, 0.1) is 11.7 Å². The molecule has 0 spiro atoms. The molecule has 0 saturated heterocycles. The fraction of sp³-hybridized carbons (Fsp3) is 0.259. The summed E-state index contributed by atoms with van der Waals surface area (Å²) in [6.07, 6.45) is 5.60. The van der Waals surface area contributed by atoms with Gasteiger partial charge in [0.15, 0.2) is 5.75 Å². The first-order valence-corrected chi connectivity index (χ1v) is 11.8. The first kappa shape index (κ1) is 23.8. The van der Waals surface area contributed by atoms with Crippen LogP contribution in [0.4, 0.5) is 5.69 Å². The number of hydrogen-bond donors (Lipinski definition) is 2. The van der Waals surface area contributed by atoms with Crippen molar-refractivity contribution in [3.8, 4) is 5.75 Å². The van der Waals surface area contributed by atoms with Gasteiger partial charge in [-0.3, -0.25) is 9.78 Å². The Morgan fingerprint density at radius 1 is 1.03 bits per heavy atom. The van der Waals surface area contributed by atoms with Crippen LogP contribution in [0.25, 0.3) is 10.9 Å². The lowest BCUT2D eigenvalue weighted by Crippen LogP contribution is -2.21. The van der Waals surface area contributed by atoms with E-state index in [0.717, 1.165) is 53.8 Å². The monoisotopic (exact) mass is 476 g/mol. The highest BCUT2D eigenvalue weighted by Crippen LogP contribution is 2.24. The lowest BCUT2D eigenvalue weighted by atomic mass is 10.2. The van der Waals surface area contributed by atoms with E-state index in [4.69, 9.17) is 16.3 Å². The van der Waals surface area contributed by atoms with Gasteiger partial charge in [0.1, 0.15) is 6.61 Å². The van der Waals surface area contributed by atoms with Crippen molar-refractivity contribution in [1.82, 2.24) is 14.9 Å². The third-order valence-corrected chi connectivity index (χ3v) is 5.88. The Balaban J connectivity index is 1.19. The molecule has 0 radical (unpaired) electrons. The van der Waals surface area contributed by atoms with Gasteiger partial charge in [-0.1, -0.05) is 41.9 Å². The topological polar surface area (TPSA) is 68.2 Å². The Labute approximate surface area is 204 Å². The molecular formula is C27H29ClN4O2. The smallest absolute Gasteiger partial charge is 0.223 e. The maximum Gasteiger partial charge on any atom is 0.223 e. The zero-order chi connectivity index (χ0) is 23.8. The molecule has 4 aromatic rings. The number of pyridine rings is 2. The molecule has 34 heavy (non-hydrogen) atoms. The van der Waals surface area contributed by atoms with Crippen molar-refractivity contribution in [2.45, 2.75) is 26.0 Å². The van der Waals surface area contributed by atoms with Crippen molar-refractivity contribution in [2.24, 2.45) is 7.05 Å². The van der Waals surface area contributed by atoms with E-state index in [2.05, 4.69) is 15.6 Å². The van der Waals surface area contributed by atoms with E-state index in [-0.39, 0.29) is 5.43 Å². The SMILES string of the molecule is Cn1cc(OCc2ccccc2)c(=O)cc1CNCCCCNc1ccnc2cc(Cl)ccc12. The Kier molecular flexibility index (Phi) is 8.17. The highest BCUT2D eigenvalue weighted by atomic mass is 35.5. The second-order valence-corrected chi connectivity index (χ2v) is 8.65. The Morgan fingerprint density at radius 3 is 2.71 bits per heavy atom. The molecule has 0 unspecified atom stereocenters. The van der Waals surface area contributed by atoms with E-state index in [1.807, 2.05) is 66.2 Å². The standard InChI is InChI=1S/C27H29ClN4O2/c1-32-18-27(34-19-20-7-3-2-4-8-20)26(33)16-22(32)17-29-12-5-6-13-30-24-11-14-31-25-15-21(28)9-10-23(24)25/h2-4,7-11,14-16,18,29H,5-6,12-13,17,19H2,1H3,(H,30,31). The highest BCUT2D eigenvalue weighted by molar-refractivity contribution is 6.31. The number of benzene rings is 2. The third kappa shape index (κ3) is 6.37. The summed E-state index contributed by atoms with van der Waals surface area (Å²) < 4.78 is 7.67. The number of unbranched alkanes of at least 4 members (excludes halogenated alkanes) is 1. The fourth-order valence-electron chi connectivity index (χ4n) is 3.76. The molecule has 0 bridgehead atoms. The lowest BCUT2D eigenvalue weighted by Gasteiger charge is -2.13. The van der Waals surface area contributed by atoms with E-state index >= 15 is 0 Å². The summed E-state index contributed by atoms with van der Waals surface area (Å²) in [6.45, 7) is 2.75. The molecule has 2 N–H and O–H groups in total. The summed E-state index contributed by atoms with van der Waals surface area (Å²) in [4.78, 5) is 16.8. The molecule has 2 aromatic heterocycles. The third-order valence-electron chi connectivity index (χ3n) is 5.65. The average Bonchev–Trinajstić information content (AvgIpc) is 2.84. The van der Waals surface area contributed by atoms with Crippen LogP contribution in [0.2, 0.25) is 5.02 Å². The van der Waals surface area contributed by atoms with E-state index in [1.54, 1.807) is 18.5 Å². The van der Waals surface area contributed by atoms with Crippen molar-refractivity contribution >= 4 is 28.2 Å². The number of nitrogens with zero attached hydrogens (tertiary/aromatic N) is 2. The highest BCUT2D eigenvalue weighted by Gasteiger charge is 2.06. The zero-order valence-corrected chi connectivity index (χ0v) is 20.0. The summed E-state index contributed by atoms with van der Waals surface area (Å²) >= 11 is 6.06. The lowest BCUT2D eigenvalue weighted by molar-refractivity contribution is 0.300. The number of hydrogen-bond acceptors (Lipinski definition) is 5. The predicted octanol–water partition coefficient (Wildman–Crippen LogP) is 5.15. The normalized spacial score (nSPS) is 11.0. The Hall–Kier alpha value is -3.35. The number of halogens is 1. The van der Waals surface area contributed by atoms with E-state index in [9.17, 15) is 4.79 Å². The van der Waals surface area contributed by atoms with Gasteiger partial charge in [0, 0.05) is 54.2 Å². The number of fused-ring (bicyclic) bond motifs is 1. The molecule has 4 rings (SSSR count). The molecule has 0 atom stereocenters. The van der Waals surface area contributed by atoms with Crippen LogP contribution in [-0.2, 0) is 20.2 Å². The Bertz CT molecular complexity index is 1290. The molecule has 0 aliphatic rings. The van der Waals surface area contributed by atoms with Gasteiger partial charge < -0.3 is 19.9 Å². The van der Waals surface area contributed by atoms with E-state index in [0.29, 0.717) is 23.9 Å². The van der Waals surface area contributed by atoms with Crippen molar-refractivity contribution in [3.63, 3.8) is 0 Å². The van der Waals surface area contributed by atoms with Crippen molar-refractivity contribution in [1.29, 1.82) is 0 Å². The van der Waals surface area contributed by atoms with Crippen LogP contribution in [0.3, 0.4) is 0 Å². The van der Waals surface area contributed by atoms with Gasteiger partial charge >= 0.3 is 0 Å². The first-order chi connectivity index (χ1) is 16.6. The molecular weight excluding hydrogens is 448 g/mol. The second kappa shape index (κ2) is 11.7. The minimum atomic E-state index is -0.0964. The summed E-state index contributed by atoms with van der Waals surface area (Å²) in [6, 6.07) is 19.2. The largest absolute Gasteiger partial charge is 0.483 e. The first-order valence-electron chi connectivity index (χ1n) is 11.5. The van der Waals surface area contributed by atoms with Crippen molar-refractivity contribution in [2.75, 3.05) is 18.4 Å². The summed E-state index contributed by atoms with van der Waals surface area (Å²) in [7, 11) is 1.93. The molecule has 0 aliphatic carbocycles. The summed E-state index contributed by atoms with van der Waals surface area (Å²) in [5.74, 6) is 0.368. The molecule has 0 fully saturated rings. The van der Waals surface area contributed by atoms with Gasteiger partial charge in [-0.05, 0) is 49.2 Å². The zero-order valence-electron chi connectivity index (χ0n) is 19.3. The van der Waals surface area contributed by atoms with Gasteiger partial charge in [-0.2, -0.15) is 0 Å². The van der Waals surface area contributed by atoms with Gasteiger partial charge in [0.2, 0.25) is 5.43 Å². The predicted molar refractivity (Wildman–Crippen MR) is 139 cm³/mol. The number of aromatic nitrogens is 2. The molecule has 7 heteroatoms. The summed E-state index contributed by atoms with van der Waals surface area (Å²) in [5.41, 5.74) is 3.82. The number of anilines is 1. The molecule has 0 saturated carbocycles. The van der Waals surface area contributed by atoms with Crippen molar-refractivity contribution < 1.29 is 4.74 Å². The minimum absolute atomic E-state index is 0.0964. The van der Waals surface area contributed by atoms with Gasteiger partial charge in [0.25, 0.3) is 0 Å². The van der Waals surface area contributed by atoms with Gasteiger partial charge in [-0.15, -0.1) is 0 Å². The number of ether oxygens (including phenoxy) is 1. The van der Waals surface area contributed by atoms with E-state index < -0.39 is 0 Å². The Morgan fingerprint density at radius 2 is 1.85 bits per heavy atom. The van der Waals surface area contributed by atoms with Crippen LogP contribution in [0.5, 0.6) is 5.75 Å².